The van der Waals surface area contributed by atoms with Crippen LogP contribution in [0.3, 0.4) is 0 Å². The van der Waals surface area contributed by atoms with E-state index in [-0.39, 0.29) is 30.7 Å². The Bertz CT molecular complexity index is 1290. The molecule has 0 aromatic heterocycles. The molecule has 1 atom stereocenters. The van der Waals surface area contributed by atoms with Gasteiger partial charge in [0.1, 0.15) is 11.5 Å². The van der Waals surface area contributed by atoms with Crippen molar-refractivity contribution in [1.82, 2.24) is 5.32 Å². The molecule has 1 aliphatic heterocycles. The lowest BCUT2D eigenvalue weighted by Gasteiger charge is -2.17. The van der Waals surface area contributed by atoms with Crippen LogP contribution in [0.2, 0.25) is 0 Å². The second kappa shape index (κ2) is 11.6. The molecule has 3 aromatic rings. The summed E-state index contributed by atoms with van der Waals surface area (Å²) in [5.74, 6) is 0.242. The molecule has 8 nitrogen and oxygen atoms in total. The first-order chi connectivity index (χ1) is 17.8. The molecule has 0 aliphatic carbocycles. The Morgan fingerprint density at radius 2 is 1.78 bits per heavy atom. The smallest absolute Gasteiger partial charge is 0.262 e. The van der Waals surface area contributed by atoms with E-state index >= 15 is 0 Å². The molecule has 0 saturated carbocycles. The van der Waals surface area contributed by atoms with Gasteiger partial charge in [-0.2, -0.15) is 0 Å². The summed E-state index contributed by atoms with van der Waals surface area (Å²) in [6.07, 6.45) is 0.147. The number of carbonyl (C=O) groups is 3. The SMILES string of the molecule is COc1ccccc1CNC(=O)[C@H]1CC(=O)N(c2ccc(OCC(=O)Nc3cc(C)ccc3C)cc2)C1. The van der Waals surface area contributed by atoms with Gasteiger partial charge in [-0.3, -0.25) is 14.4 Å². The lowest BCUT2D eigenvalue weighted by atomic mass is 10.1. The molecule has 1 heterocycles. The monoisotopic (exact) mass is 501 g/mol. The summed E-state index contributed by atoms with van der Waals surface area (Å²) in [6.45, 7) is 4.40. The quantitative estimate of drug-likeness (QED) is 0.462. The highest BCUT2D eigenvalue weighted by molar-refractivity contribution is 6.00. The number of nitrogens with zero attached hydrogens (tertiary/aromatic N) is 1. The lowest BCUT2D eigenvalue weighted by Crippen LogP contribution is -2.32. The van der Waals surface area contributed by atoms with Crippen LogP contribution in [0.5, 0.6) is 11.5 Å². The minimum absolute atomic E-state index is 0.112. The van der Waals surface area contributed by atoms with Crippen LogP contribution in [0.25, 0.3) is 0 Å². The van der Waals surface area contributed by atoms with Gasteiger partial charge in [0.15, 0.2) is 6.61 Å². The molecule has 37 heavy (non-hydrogen) atoms. The normalized spacial score (nSPS) is 14.8. The fraction of sp³-hybridized carbons (Fsp3) is 0.276. The zero-order chi connectivity index (χ0) is 26.4. The molecule has 0 bridgehead atoms. The average Bonchev–Trinajstić information content (AvgIpc) is 3.30. The summed E-state index contributed by atoms with van der Waals surface area (Å²) in [5, 5.41) is 5.78. The predicted molar refractivity (Wildman–Crippen MR) is 142 cm³/mol. The fourth-order valence-corrected chi connectivity index (χ4v) is 4.24. The van der Waals surface area contributed by atoms with E-state index in [0.29, 0.717) is 30.3 Å². The number of ether oxygens (including phenoxy) is 2. The van der Waals surface area contributed by atoms with E-state index in [4.69, 9.17) is 9.47 Å². The summed E-state index contributed by atoms with van der Waals surface area (Å²) >= 11 is 0. The number of anilines is 2. The minimum atomic E-state index is -0.438. The van der Waals surface area contributed by atoms with Crippen LogP contribution in [0, 0.1) is 19.8 Å². The molecule has 2 N–H and O–H groups in total. The van der Waals surface area contributed by atoms with E-state index < -0.39 is 5.92 Å². The summed E-state index contributed by atoms with van der Waals surface area (Å²) in [6, 6.07) is 20.3. The summed E-state index contributed by atoms with van der Waals surface area (Å²) in [5.41, 5.74) is 4.35. The molecule has 3 aromatic carbocycles. The molecule has 1 aliphatic rings. The number of methoxy groups -OCH3 is 1. The average molecular weight is 502 g/mol. The van der Waals surface area contributed by atoms with Crippen LogP contribution in [-0.4, -0.2) is 38.0 Å². The van der Waals surface area contributed by atoms with Gasteiger partial charge in [0.05, 0.1) is 13.0 Å². The summed E-state index contributed by atoms with van der Waals surface area (Å²) in [4.78, 5) is 39.3. The van der Waals surface area contributed by atoms with Gasteiger partial charge in [0, 0.05) is 36.4 Å². The Labute approximate surface area is 216 Å². The maximum absolute atomic E-state index is 12.7. The standard InChI is InChI=1S/C29H31N3O5/c1-19-8-9-20(2)25(14-19)31-27(33)18-37-24-12-10-23(11-13-24)32-17-22(15-28(32)34)29(35)30-16-21-6-4-5-7-26(21)36-3/h4-14,22H,15-18H2,1-3H3,(H,30,35)(H,31,33)/t22-/m0/s1. The third kappa shape index (κ3) is 6.46. The van der Waals surface area contributed by atoms with E-state index in [2.05, 4.69) is 10.6 Å². The third-order valence-electron chi connectivity index (χ3n) is 6.33. The van der Waals surface area contributed by atoms with Gasteiger partial charge in [-0.05, 0) is 61.4 Å². The maximum atomic E-state index is 12.7. The van der Waals surface area contributed by atoms with Gasteiger partial charge in [-0.15, -0.1) is 0 Å². The highest BCUT2D eigenvalue weighted by Crippen LogP contribution is 2.27. The van der Waals surface area contributed by atoms with Crippen molar-refractivity contribution >= 4 is 29.1 Å². The van der Waals surface area contributed by atoms with Crippen molar-refractivity contribution in [3.05, 3.63) is 83.4 Å². The Morgan fingerprint density at radius 1 is 1.03 bits per heavy atom. The third-order valence-corrected chi connectivity index (χ3v) is 6.33. The number of amides is 3. The van der Waals surface area contributed by atoms with Crippen molar-refractivity contribution in [2.75, 3.05) is 30.5 Å². The fourth-order valence-electron chi connectivity index (χ4n) is 4.24. The molecular formula is C29H31N3O5. The van der Waals surface area contributed by atoms with Crippen LogP contribution >= 0.6 is 0 Å². The molecule has 192 valence electrons. The number of para-hydroxylation sites is 1. The molecular weight excluding hydrogens is 470 g/mol. The zero-order valence-corrected chi connectivity index (χ0v) is 21.2. The molecule has 0 unspecified atom stereocenters. The van der Waals surface area contributed by atoms with Crippen LogP contribution in [0.4, 0.5) is 11.4 Å². The Kier molecular flexibility index (Phi) is 8.08. The van der Waals surface area contributed by atoms with Crippen molar-refractivity contribution in [2.24, 2.45) is 5.92 Å². The van der Waals surface area contributed by atoms with Crippen molar-refractivity contribution < 1.29 is 23.9 Å². The number of nitrogens with one attached hydrogen (secondary N) is 2. The molecule has 3 amide bonds. The molecule has 0 radical (unpaired) electrons. The zero-order valence-electron chi connectivity index (χ0n) is 21.2. The van der Waals surface area contributed by atoms with Crippen LogP contribution in [0.15, 0.2) is 66.7 Å². The number of hydrogen-bond acceptors (Lipinski definition) is 5. The molecule has 1 fully saturated rings. The topological polar surface area (TPSA) is 97.0 Å². The largest absolute Gasteiger partial charge is 0.496 e. The molecule has 8 heteroatoms. The maximum Gasteiger partial charge on any atom is 0.262 e. The van der Waals surface area contributed by atoms with Gasteiger partial charge >= 0.3 is 0 Å². The first-order valence-corrected chi connectivity index (χ1v) is 12.1. The van der Waals surface area contributed by atoms with Gasteiger partial charge in [-0.1, -0.05) is 30.3 Å². The van der Waals surface area contributed by atoms with Crippen molar-refractivity contribution in [2.45, 2.75) is 26.8 Å². The van der Waals surface area contributed by atoms with E-state index in [1.54, 1.807) is 36.3 Å². The van der Waals surface area contributed by atoms with Crippen LogP contribution in [-0.2, 0) is 20.9 Å². The summed E-state index contributed by atoms with van der Waals surface area (Å²) in [7, 11) is 1.59. The second-order valence-corrected chi connectivity index (χ2v) is 9.08. The van der Waals surface area contributed by atoms with E-state index in [1.165, 1.54) is 0 Å². The van der Waals surface area contributed by atoms with Crippen molar-refractivity contribution in [1.29, 1.82) is 0 Å². The van der Waals surface area contributed by atoms with Crippen LogP contribution in [0.1, 0.15) is 23.1 Å². The highest BCUT2D eigenvalue weighted by atomic mass is 16.5. The summed E-state index contributed by atoms with van der Waals surface area (Å²) < 4.78 is 10.9. The van der Waals surface area contributed by atoms with Gasteiger partial charge < -0.3 is 25.0 Å². The predicted octanol–water partition coefficient (Wildman–Crippen LogP) is 4.00. The van der Waals surface area contributed by atoms with Gasteiger partial charge in [0.25, 0.3) is 5.91 Å². The van der Waals surface area contributed by atoms with E-state index in [1.807, 2.05) is 56.3 Å². The van der Waals surface area contributed by atoms with Gasteiger partial charge in [-0.25, -0.2) is 0 Å². The number of hydrogen-bond donors (Lipinski definition) is 2. The number of benzene rings is 3. The molecule has 4 rings (SSSR count). The Hall–Kier alpha value is -4.33. The Morgan fingerprint density at radius 3 is 2.54 bits per heavy atom. The molecule has 0 spiro atoms. The minimum Gasteiger partial charge on any atom is -0.496 e. The number of carbonyl (C=O) groups excluding carboxylic acids is 3. The first kappa shape index (κ1) is 25.8. The number of rotatable bonds is 9. The number of aryl methyl sites for hydroxylation is 2. The first-order valence-electron chi connectivity index (χ1n) is 12.1. The lowest BCUT2D eigenvalue weighted by molar-refractivity contribution is -0.126. The van der Waals surface area contributed by atoms with Crippen LogP contribution < -0.4 is 25.0 Å². The van der Waals surface area contributed by atoms with E-state index in [0.717, 1.165) is 22.4 Å². The van der Waals surface area contributed by atoms with E-state index in [9.17, 15) is 14.4 Å². The Balaban J connectivity index is 1.28. The highest BCUT2D eigenvalue weighted by Gasteiger charge is 2.35. The van der Waals surface area contributed by atoms with Crippen molar-refractivity contribution in [3.63, 3.8) is 0 Å². The molecule has 1 saturated heterocycles. The van der Waals surface area contributed by atoms with Crippen molar-refractivity contribution in [3.8, 4) is 11.5 Å². The van der Waals surface area contributed by atoms with Gasteiger partial charge in [0.2, 0.25) is 11.8 Å². The second-order valence-electron chi connectivity index (χ2n) is 9.08.